The third-order valence-corrected chi connectivity index (χ3v) is 2.50. The fourth-order valence-electron chi connectivity index (χ4n) is 1.49. The number of carbonyl (C=O) groups is 2. The molecule has 0 aliphatic carbocycles. The molecular weight excluding hydrogens is 212 g/mol. The van der Waals surface area contributed by atoms with Crippen LogP contribution < -0.4 is 0 Å². The standard InChI is InChI=1S/C11H16O5/c1-2-3-4-8(10(12)13)9(11(14)15)5-7-6-16-7/h7H,2-6H2,1H3,(H,12,13)(H,14,15)/b9-8-. The molecular formula is C11H16O5. The summed E-state index contributed by atoms with van der Waals surface area (Å²) in [7, 11) is 0. The number of ether oxygens (including phenoxy) is 1. The Kier molecular flexibility index (Phi) is 4.49. The molecule has 0 spiro atoms. The highest BCUT2D eigenvalue weighted by Crippen LogP contribution is 2.24. The molecule has 1 fully saturated rings. The number of hydrogen-bond donors (Lipinski definition) is 2. The number of hydrogen-bond acceptors (Lipinski definition) is 3. The highest BCUT2D eigenvalue weighted by atomic mass is 16.6. The van der Waals surface area contributed by atoms with Crippen molar-refractivity contribution in [1.82, 2.24) is 0 Å². The van der Waals surface area contributed by atoms with Gasteiger partial charge in [0.25, 0.3) is 0 Å². The highest BCUT2D eigenvalue weighted by Gasteiger charge is 2.29. The lowest BCUT2D eigenvalue weighted by Gasteiger charge is -2.07. The van der Waals surface area contributed by atoms with Gasteiger partial charge < -0.3 is 14.9 Å². The average Bonchev–Trinajstić information content (AvgIpc) is 2.99. The van der Waals surface area contributed by atoms with Crippen molar-refractivity contribution in [2.45, 2.75) is 38.7 Å². The van der Waals surface area contributed by atoms with Crippen LogP contribution in [-0.4, -0.2) is 34.9 Å². The molecule has 1 rings (SSSR count). The van der Waals surface area contributed by atoms with Crippen LogP contribution in [0.5, 0.6) is 0 Å². The molecule has 16 heavy (non-hydrogen) atoms. The molecule has 1 saturated heterocycles. The second-order valence-electron chi connectivity index (χ2n) is 3.83. The number of epoxide rings is 1. The van der Waals surface area contributed by atoms with Gasteiger partial charge in [-0.3, -0.25) is 0 Å². The highest BCUT2D eigenvalue weighted by molar-refractivity contribution is 5.98. The molecule has 5 heteroatoms. The minimum atomic E-state index is -1.15. The Balaban J connectivity index is 2.85. The van der Waals surface area contributed by atoms with Gasteiger partial charge in [0.05, 0.1) is 18.3 Å². The SMILES string of the molecule is CCCC/C(C(=O)O)=C(\CC1CO1)C(=O)O. The molecule has 2 N–H and O–H groups in total. The van der Waals surface area contributed by atoms with Crippen molar-refractivity contribution < 1.29 is 24.5 Å². The van der Waals surface area contributed by atoms with E-state index in [9.17, 15) is 9.59 Å². The number of carboxylic acids is 2. The summed E-state index contributed by atoms with van der Waals surface area (Å²) >= 11 is 0. The van der Waals surface area contributed by atoms with E-state index in [-0.39, 0.29) is 23.7 Å². The maximum atomic E-state index is 11.0. The Hall–Kier alpha value is -1.36. The first-order chi connectivity index (χ1) is 7.56. The molecule has 1 aliphatic rings. The maximum absolute atomic E-state index is 11.0. The van der Waals surface area contributed by atoms with Crippen molar-refractivity contribution >= 4 is 11.9 Å². The van der Waals surface area contributed by atoms with Crippen LogP contribution in [0.4, 0.5) is 0 Å². The van der Waals surface area contributed by atoms with Crippen LogP contribution in [-0.2, 0) is 14.3 Å². The Morgan fingerprint density at radius 1 is 1.25 bits per heavy atom. The Morgan fingerprint density at radius 3 is 2.19 bits per heavy atom. The number of aliphatic carboxylic acids is 2. The quantitative estimate of drug-likeness (QED) is 0.508. The second-order valence-corrected chi connectivity index (χ2v) is 3.83. The molecule has 5 nitrogen and oxygen atoms in total. The van der Waals surface area contributed by atoms with Gasteiger partial charge in [0.1, 0.15) is 0 Å². The van der Waals surface area contributed by atoms with Crippen molar-refractivity contribution in [3.05, 3.63) is 11.1 Å². The van der Waals surface area contributed by atoms with Crippen LogP contribution in [0, 0.1) is 0 Å². The fourth-order valence-corrected chi connectivity index (χ4v) is 1.49. The zero-order chi connectivity index (χ0) is 12.1. The van der Waals surface area contributed by atoms with E-state index in [4.69, 9.17) is 14.9 Å². The van der Waals surface area contributed by atoms with Gasteiger partial charge in [-0.1, -0.05) is 13.3 Å². The largest absolute Gasteiger partial charge is 0.478 e. The monoisotopic (exact) mass is 228 g/mol. The van der Waals surface area contributed by atoms with E-state index in [1.54, 1.807) is 0 Å². The summed E-state index contributed by atoms with van der Waals surface area (Å²) < 4.78 is 4.93. The summed E-state index contributed by atoms with van der Waals surface area (Å²) in [6, 6.07) is 0. The van der Waals surface area contributed by atoms with Gasteiger partial charge in [-0.2, -0.15) is 0 Å². The molecule has 0 bridgehead atoms. The van der Waals surface area contributed by atoms with Crippen LogP contribution in [0.1, 0.15) is 32.6 Å². The minimum Gasteiger partial charge on any atom is -0.478 e. The summed E-state index contributed by atoms with van der Waals surface area (Å²) in [5.41, 5.74) is 0.00769. The molecule has 0 aromatic carbocycles. The Morgan fingerprint density at radius 2 is 1.81 bits per heavy atom. The van der Waals surface area contributed by atoms with E-state index in [0.29, 0.717) is 19.4 Å². The maximum Gasteiger partial charge on any atom is 0.332 e. The minimum absolute atomic E-state index is 0.0107. The number of unbranched alkanes of at least 4 members (excludes halogenated alkanes) is 1. The lowest BCUT2D eigenvalue weighted by atomic mass is 9.99. The molecule has 0 radical (unpaired) electrons. The molecule has 1 atom stereocenters. The van der Waals surface area contributed by atoms with Gasteiger partial charge in [-0.15, -0.1) is 0 Å². The van der Waals surface area contributed by atoms with E-state index >= 15 is 0 Å². The van der Waals surface area contributed by atoms with Crippen LogP contribution in [0.15, 0.2) is 11.1 Å². The summed E-state index contributed by atoms with van der Waals surface area (Å²) in [6.45, 7) is 2.46. The molecule has 0 saturated carbocycles. The van der Waals surface area contributed by atoms with Crippen molar-refractivity contribution in [2.24, 2.45) is 0 Å². The van der Waals surface area contributed by atoms with E-state index in [1.165, 1.54) is 0 Å². The fraction of sp³-hybridized carbons (Fsp3) is 0.636. The van der Waals surface area contributed by atoms with Gasteiger partial charge in [-0.25, -0.2) is 9.59 Å². The van der Waals surface area contributed by atoms with Gasteiger partial charge in [0, 0.05) is 12.0 Å². The van der Waals surface area contributed by atoms with Crippen LogP contribution in [0.2, 0.25) is 0 Å². The predicted octanol–water partition coefficient (Wildman–Crippen LogP) is 1.43. The average molecular weight is 228 g/mol. The van der Waals surface area contributed by atoms with Crippen LogP contribution in [0.25, 0.3) is 0 Å². The summed E-state index contributed by atoms with van der Waals surface area (Å²) in [5, 5.41) is 18.0. The number of carboxylic acid groups (broad SMARTS) is 2. The van der Waals surface area contributed by atoms with Crippen molar-refractivity contribution in [2.75, 3.05) is 6.61 Å². The van der Waals surface area contributed by atoms with Crippen molar-refractivity contribution in [3.8, 4) is 0 Å². The molecule has 1 aliphatic heterocycles. The van der Waals surface area contributed by atoms with Gasteiger partial charge in [0.2, 0.25) is 0 Å². The van der Waals surface area contributed by atoms with Gasteiger partial charge in [-0.05, 0) is 12.8 Å². The smallest absolute Gasteiger partial charge is 0.332 e. The summed E-state index contributed by atoms with van der Waals surface area (Å²) in [5.74, 6) is -2.28. The summed E-state index contributed by atoms with van der Waals surface area (Å²) in [4.78, 5) is 22.0. The van der Waals surface area contributed by atoms with E-state index < -0.39 is 11.9 Å². The number of rotatable bonds is 7. The molecule has 0 amide bonds. The predicted molar refractivity (Wildman–Crippen MR) is 56.2 cm³/mol. The molecule has 90 valence electrons. The first-order valence-corrected chi connectivity index (χ1v) is 5.36. The normalized spacial score (nSPS) is 20.2. The Labute approximate surface area is 93.7 Å². The third-order valence-electron chi connectivity index (χ3n) is 2.50. The molecule has 1 unspecified atom stereocenters. The van der Waals surface area contributed by atoms with E-state index in [2.05, 4.69) is 0 Å². The Bertz CT molecular complexity index is 314. The lowest BCUT2D eigenvalue weighted by Crippen LogP contribution is -2.13. The van der Waals surface area contributed by atoms with Crippen molar-refractivity contribution in [1.29, 1.82) is 0 Å². The lowest BCUT2D eigenvalue weighted by molar-refractivity contribution is -0.136. The molecule has 0 aromatic heterocycles. The topological polar surface area (TPSA) is 87.1 Å². The first-order valence-electron chi connectivity index (χ1n) is 5.36. The first kappa shape index (κ1) is 12.7. The van der Waals surface area contributed by atoms with E-state index in [1.807, 2.05) is 6.92 Å². The van der Waals surface area contributed by atoms with Gasteiger partial charge in [0.15, 0.2) is 0 Å². The molecule has 0 aromatic rings. The third kappa shape index (κ3) is 3.66. The van der Waals surface area contributed by atoms with Crippen LogP contribution in [0.3, 0.4) is 0 Å². The van der Waals surface area contributed by atoms with E-state index in [0.717, 1.165) is 6.42 Å². The van der Waals surface area contributed by atoms with Gasteiger partial charge >= 0.3 is 11.9 Å². The summed E-state index contributed by atoms with van der Waals surface area (Å²) in [6.07, 6.45) is 1.91. The van der Waals surface area contributed by atoms with Crippen LogP contribution >= 0.6 is 0 Å². The van der Waals surface area contributed by atoms with Crippen molar-refractivity contribution in [3.63, 3.8) is 0 Å². The zero-order valence-electron chi connectivity index (χ0n) is 9.23. The second kappa shape index (κ2) is 5.65. The zero-order valence-corrected chi connectivity index (χ0v) is 9.23. The molecule has 1 heterocycles.